The number of rotatable bonds is 5. The van der Waals surface area contributed by atoms with Crippen molar-refractivity contribution in [2.75, 3.05) is 6.54 Å². The molecule has 0 radical (unpaired) electrons. The van der Waals surface area contributed by atoms with Gasteiger partial charge in [-0.15, -0.1) is 0 Å². The second kappa shape index (κ2) is 5.53. The van der Waals surface area contributed by atoms with Gasteiger partial charge in [-0.3, -0.25) is 0 Å². The Bertz CT molecular complexity index is 193. The summed E-state index contributed by atoms with van der Waals surface area (Å²) in [5.41, 5.74) is 0.713. The third-order valence-corrected chi connectivity index (χ3v) is 5.28. The summed E-state index contributed by atoms with van der Waals surface area (Å²) >= 11 is 0. The fraction of sp³-hybridized carbons (Fsp3) is 1.00. The normalized spacial score (nSPS) is 26.6. The van der Waals surface area contributed by atoms with Gasteiger partial charge in [0.15, 0.2) is 0 Å². The van der Waals surface area contributed by atoms with Crippen LogP contribution >= 0.6 is 0 Å². The lowest BCUT2D eigenvalue weighted by molar-refractivity contribution is 0.0686. The molecule has 0 heterocycles. The molecule has 0 spiro atoms. The summed E-state index contributed by atoms with van der Waals surface area (Å²) in [6.45, 7) is 6.02. The highest BCUT2D eigenvalue weighted by molar-refractivity contribution is 4.96. The summed E-state index contributed by atoms with van der Waals surface area (Å²) in [5, 5.41) is 3.81. The lowest BCUT2D eigenvalue weighted by Gasteiger charge is -2.48. The first-order valence-corrected chi connectivity index (χ1v) is 7.51. The van der Waals surface area contributed by atoms with Crippen LogP contribution in [-0.4, -0.2) is 12.6 Å². The van der Waals surface area contributed by atoms with Crippen molar-refractivity contribution in [3.63, 3.8) is 0 Å². The Balaban J connectivity index is 1.62. The van der Waals surface area contributed by atoms with Crippen LogP contribution in [-0.2, 0) is 0 Å². The monoisotopic (exact) mass is 223 g/mol. The van der Waals surface area contributed by atoms with Crippen molar-refractivity contribution in [1.29, 1.82) is 0 Å². The molecule has 2 fully saturated rings. The SMILES string of the molecule is CCC1(CC)CC(NCC2CCCCC2)C1. The Morgan fingerprint density at radius 3 is 2.19 bits per heavy atom. The van der Waals surface area contributed by atoms with Gasteiger partial charge in [-0.2, -0.15) is 0 Å². The Hall–Kier alpha value is -0.0400. The Morgan fingerprint density at radius 1 is 1.00 bits per heavy atom. The fourth-order valence-electron chi connectivity index (χ4n) is 3.68. The van der Waals surface area contributed by atoms with Crippen LogP contribution in [0.5, 0.6) is 0 Å². The average Bonchev–Trinajstić information content (AvgIpc) is 2.30. The van der Waals surface area contributed by atoms with E-state index in [1.165, 1.54) is 64.3 Å². The van der Waals surface area contributed by atoms with Gasteiger partial charge >= 0.3 is 0 Å². The smallest absolute Gasteiger partial charge is 0.00777 e. The molecular weight excluding hydrogens is 194 g/mol. The number of hydrogen-bond donors (Lipinski definition) is 1. The van der Waals surface area contributed by atoms with E-state index >= 15 is 0 Å². The van der Waals surface area contributed by atoms with Gasteiger partial charge in [0.05, 0.1) is 0 Å². The quantitative estimate of drug-likeness (QED) is 0.739. The molecule has 0 saturated heterocycles. The second-order valence-corrected chi connectivity index (χ2v) is 6.22. The van der Waals surface area contributed by atoms with Crippen LogP contribution in [0.1, 0.15) is 71.6 Å². The van der Waals surface area contributed by atoms with Crippen molar-refractivity contribution in [1.82, 2.24) is 5.32 Å². The molecule has 1 nitrogen and oxygen atoms in total. The van der Waals surface area contributed by atoms with Crippen molar-refractivity contribution >= 4 is 0 Å². The minimum absolute atomic E-state index is 0.713. The van der Waals surface area contributed by atoms with Crippen LogP contribution < -0.4 is 5.32 Å². The second-order valence-electron chi connectivity index (χ2n) is 6.22. The maximum atomic E-state index is 3.81. The Kier molecular flexibility index (Phi) is 4.29. The van der Waals surface area contributed by atoms with Gasteiger partial charge in [0, 0.05) is 6.04 Å². The fourth-order valence-corrected chi connectivity index (χ4v) is 3.68. The van der Waals surface area contributed by atoms with E-state index in [1.54, 1.807) is 0 Å². The number of nitrogens with one attached hydrogen (secondary N) is 1. The van der Waals surface area contributed by atoms with Crippen LogP contribution in [0.15, 0.2) is 0 Å². The molecular formula is C15H29N. The van der Waals surface area contributed by atoms with E-state index in [0.29, 0.717) is 5.41 Å². The van der Waals surface area contributed by atoms with Crippen LogP contribution in [0.4, 0.5) is 0 Å². The highest BCUT2D eigenvalue weighted by Gasteiger charge is 2.40. The zero-order chi connectivity index (χ0) is 11.4. The first-order chi connectivity index (χ1) is 7.78. The zero-order valence-electron chi connectivity index (χ0n) is 11.2. The molecule has 94 valence electrons. The minimum Gasteiger partial charge on any atom is -0.314 e. The summed E-state index contributed by atoms with van der Waals surface area (Å²) in [7, 11) is 0. The van der Waals surface area contributed by atoms with Crippen LogP contribution in [0.25, 0.3) is 0 Å². The first kappa shape index (κ1) is 12.4. The maximum absolute atomic E-state index is 3.81. The lowest BCUT2D eigenvalue weighted by Crippen LogP contribution is -2.49. The third kappa shape index (κ3) is 2.80. The van der Waals surface area contributed by atoms with Gasteiger partial charge in [-0.05, 0) is 43.6 Å². The molecule has 1 heteroatoms. The van der Waals surface area contributed by atoms with Gasteiger partial charge in [-0.25, -0.2) is 0 Å². The molecule has 0 aromatic carbocycles. The lowest BCUT2D eigenvalue weighted by atomic mass is 9.62. The van der Waals surface area contributed by atoms with E-state index in [9.17, 15) is 0 Å². The van der Waals surface area contributed by atoms with Gasteiger partial charge in [0.2, 0.25) is 0 Å². The van der Waals surface area contributed by atoms with Gasteiger partial charge < -0.3 is 5.32 Å². The van der Waals surface area contributed by atoms with Gasteiger partial charge in [0.1, 0.15) is 0 Å². The molecule has 0 unspecified atom stereocenters. The van der Waals surface area contributed by atoms with Gasteiger partial charge in [-0.1, -0.05) is 46.0 Å². The summed E-state index contributed by atoms with van der Waals surface area (Å²) in [5.74, 6) is 0.993. The van der Waals surface area contributed by atoms with E-state index in [2.05, 4.69) is 19.2 Å². The summed E-state index contributed by atoms with van der Waals surface area (Å²) in [6.07, 6.45) is 13.0. The van der Waals surface area contributed by atoms with Crippen molar-refractivity contribution in [2.24, 2.45) is 11.3 Å². The molecule has 2 aliphatic carbocycles. The molecule has 2 saturated carbocycles. The van der Waals surface area contributed by atoms with Crippen LogP contribution in [0.2, 0.25) is 0 Å². The predicted molar refractivity (Wildman–Crippen MR) is 70.6 cm³/mol. The highest BCUT2D eigenvalue weighted by Crippen LogP contribution is 2.46. The molecule has 2 rings (SSSR count). The molecule has 0 aromatic heterocycles. The van der Waals surface area contributed by atoms with Crippen molar-refractivity contribution in [3.8, 4) is 0 Å². The Morgan fingerprint density at radius 2 is 1.62 bits per heavy atom. The largest absolute Gasteiger partial charge is 0.314 e. The Labute approximate surface area is 101 Å². The molecule has 0 aromatic rings. The topological polar surface area (TPSA) is 12.0 Å². The van der Waals surface area contributed by atoms with Crippen molar-refractivity contribution < 1.29 is 0 Å². The molecule has 0 amide bonds. The predicted octanol–water partition coefficient (Wildman–Crippen LogP) is 4.13. The maximum Gasteiger partial charge on any atom is 0.00777 e. The summed E-state index contributed by atoms with van der Waals surface area (Å²) in [6, 6.07) is 0.849. The van der Waals surface area contributed by atoms with E-state index in [4.69, 9.17) is 0 Å². The van der Waals surface area contributed by atoms with Crippen molar-refractivity contribution in [2.45, 2.75) is 77.7 Å². The first-order valence-electron chi connectivity index (χ1n) is 7.51. The van der Waals surface area contributed by atoms with E-state index < -0.39 is 0 Å². The highest BCUT2D eigenvalue weighted by atomic mass is 14.9. The van der Waals surface area contributed by atoms with Gasteiger partial charge in [0.25, 0.3) is 0 Å². The molecule has 0 aliphatic heterocycles. The third-order valence-electron chi connectivity index (χ3n) is 5.28. The van der Waals surface area contributed by atoms with Crippen LogP contribution in [0, 0.1) is 11.3 Å². The zero-order valence-corrected chi connectivity index (χ0v) is 11.2. The molecule has 16 heavy (non-hydrogen) atoms. The standard InChI is InChI=1S/C15H29N/c1-3-15(4-2)10-14(11-15)16-12-13-8-6-5-7-9-13/h13-14,16H,3-12H2,1-2H3. The molecule has 0 bridgehead atoms. The summed E-state index contributed by atoms with van der Waals surface area (Å²) in [4.78, 5) is 0. The molecule has 0 atom stereocenters. The summed E-state index contributed by atoms with van der Waals surface area (Å²) < 4.78 is 0. The number of hydrogen-bond acceptors (Lipinski definition) is 1. The molecule has 2 aliphatic rings. The minimum atomic E-state index is 0.713. The van der Waals surface area contributed by atoms with E-state index in [0.717, 1.165) is 12.0 Å². The van der Waals surface area contributed by atoms with E-state index in [-0.39, 0.29) is 0 Å². The van der Waals surface area contributed by atoms with E-state index in [1.807, 2.05) is 0 Å². The average molecular weight is 223 g/mol. The van der Waals surface area contributed by atoms with Crippen LogP contribution in [0.3, 0.4) is 0 Å². The van der Waals surface area contributed by atoms with Crippen molar-refractivity contribution in [3.05, 3.63) is 0 Å². The molecule has 1 N–H and O–H groups in total.